The number of hydrogen-bond acceptors (Lipinski definition) is 5. The fourth-order valence-electron chi connectivity index (χ4n) is 1.95. The van der Waals surface area contributed by atoms with E-state index < -0.39 is 0 Å². The van der Waals surface area contributed by atoms with E-state index in [1.165, 1.54) is 0 Å². The first kappa shape index (κ1) is 13.3. The highest BCUT2D eigenvalue weighted by Crippen LogP contribution is 2.27. The van der Waals surface area contributed by atoms with Gasteiger partial charge in [-0.25, -0.2) is 9.97 Å². The van der Waals surface area contributed by atoms with Gasteiger partial charge >= 0.3 is 0 Å². The third kappa shape index (κ3) is 2.64. The summed E-state index contributed by atoms with van der Waals surface area (Å²) in [6.45, 7) is 0. The van der Waals surface area contributed by atoms with Gasteiger partial charge in [0.05, 0.1) is 22.3 Å². The minimum atomic E-state index is 0.289. The number of nitrogens with zero attached hydrogens (tertiary/aromatic N) is 3. The molecule has 0 fully saturated rings. The summed E-state index contributed by atoms with van der Waals surface area (Å²) in [6, 6.07) is 14.9. The second kappa shape index (κ2) is 5.38. The van der Waals surface area contributed by atoms with Crippen molar-refractivity contribution in [2.45, 2.75) is 0 Å². The minimum absolute atomic E-state index is 0.289. The van der Waals surface area contributed by atoms with Gasteiger partial charge in [-0.2, -0.15) is 5.26 Å². The Kier molecular flexibility index (Phi) is 3.42. The van der Waals surface area contributed by atoms with Crippen LogP contribution in [0.1, 0.15) is 5.56 Å². The number of aromatic nitrogens is 2. The van der Waals surface area contributed by atoms with E-state index in [9.17, 15) is 0 Å². The van der Waals surface area contributed by atoms with Gasteiger partial charge < -0.3 is 11.1 Å². The molecule has 3 aromatic rings. The maximum absolute atomic E-state index is 9.16. The lowest BCUT2D eigenvalue weighted by atomic mass is 10.2. The van der Waals surface area contributed by atoms with Crippen molar-refractivity contribution in [3.8, 4) is 6.07 Å². The van der Waals surface area contributed by atoms with Gasteiger partial charge in [0, 0.05) is 4.47 Å². The summed E-state index contributed by atoms with van der Waals surface area (Å²) in [4.78, 5) is 8.76. The highest BCUT2D eigenvalue weighted by molar-refractivity contribution is 9.10. The van der Waals surface area contributed by atoms with E-state index in [1.807, 2.05) is 24.3 Å². The smallest absolute Gasteiger partial charge is 0.174 e. The highest BCUT2D eigenvalue weighted by Gasteiger charge is 2.09. The monoisotopic (exact) mass is 339 g/mol. The van der Waals surface area contributed by atoms with Crippen molar-refractivity contribution in [3.63, 3.8) is 0 Å². The molecule has 0 aliphatic rings. The van der Waals surface area contributed by atoms with E-state index in [0.29, 0.717) is 17.1 Å². The molecule has 0 saturated heterocycles. The molecule has 5 nitrogen and oxygen atoms in total. The molecule has 0 unspecified atom stereocenters. The Labute approximate surface area is 129 Å². The predicted octanol–water partition coefficient (Wildman–Crippen LogP) is 3.59. The quantitative estimate of drug-likeness (QED) is 0.744. The normalized spacial score (nSPS) is 10.3. The fourth-order valence-corrected chi connectivity index (χ4v) is 2.31. The Morgan fingerprint density at radius 3 is 2.52 bits per heavy atom. The molecule has 3 rings (SSSR count). The van der Waals surface area contributed by atoms with E-state index in [2.05, 4.69) is 37.3 Å². The number of hydrogen-bond donors (Lipinski definition) is 2. The van der Waals surface area contributed by atoms with Crippen molar-refractivity contribution in [3.05, 3.63) is 52.5 Å². The molecule has 1 aromatic heterocycles. The zero-order chi connectivity index (χ0) is 14.8. The van der Waals surface area contributed by atoms with Crippen LogP contribution in [0, 0.1) is 11.3 Å². The topological polar surface area (TPSA) is 87.6 Å². The van der Waals surface area contributed by atoms with Gasteiger partial charge in [-0.05, 0) is 30.3 Å². The number of nitrogens with two attached hydrogens (primary N) is 1. The van der Waals surface area contributed by atoms with Crippen LogP contribution in [0.25, 0.3) is 11.0 Å². The Morgan fingerprint density at radius 2 is 1.81 bits per heavy atom. The molecule has 3 N–H and O–H groups in total. The molecule has 1 heterocycles. The van der Waals surface area contributed by atoms with Crippen LogP contribution in [-0.4, -0.2) is 9.97 Å². The number of halogens is 1. The molecule has 0 amide bonds. The fraction of sp³-hybridized carbons (Fsp3) is 0. The van der Waals surface area contributed by atoms with E-state index in [1.54, 1.807) is 18.2 Å². The largest absolute Gasteiger partial charge is 0.381 e. The molecule has 21 heavy (non-hydrogen) atoms. The number of rotatable bonds is 2. The molecule has 2 aromatic carbocycles. The lowest BCUT2D eigenvalue weighted by Gasteiger charge is -2.10. The number of para-hydroxylation sites is 2. The van der Waals surface area contributed by atoms with E-state index >= 15 is 0 Å². The van der Waals surface area contributed by atoms with E-state index in [4.69, 9.17) is 11.0 Å². The van der Waals surface area contributed by atoms with Crippen molar-refractivity contribution >= 4 is 44.3 Å². The Balaban J connectivity index is 2.08. The molecular formula is C15H10BrN5. The molecule has 6 heteroatoms. The Morgan fingerprint density at radius 1 is 1.10 bits per heavy atom. The predicted molar refractivity (Wildman–Crippen MR) is 86.1 cm³/mol. The number of fused-ring (bicyclic) bond motifs is 1. The van der Waals surface area contributed by atoms with Crippen LogP contribution < -0.4 is 11.1 Å². The average molecular weight is 340 g/mol. The zero-order valence-electron chi connectivity index (χ0n) is 10.8. The number of nitriles is 1. The summed E-state index contributed by atoms with van der Waals surface area (Å²) in [5.74, 6) is 0.723. The molecule has 0 aliphatic carbocycles. The zero-order valence-corrected chi connectivity index (χ0v) is 12.4. The van der Waals surface area contributed by atoms with Gasteiger partial charge in [-0.1, -0.05) is 28.1 Å². The number of anilines is 3. The maximum Gasteiger partial charge on any atom is 0.174 e. The minimum Gasteiger partial charge on any atom is -0.381 e. The first-order chi connectivity index (χ1) is 10.2. The highest BCUT2D eigenvalue weighted by atomic mass is 79.9. The van der Waals surface area contributed by atoms with Crippen molar-refractivity contribution in [2.24, 2.45) is 0 Å². The SMILES string of the molecule is N#Cc1ccc(Br)cc1Nc1nc2ccccc2nc1N. The standard InChI is InChI=1S/C15H10BrN5/c16-10-6-5-9(8-17)13(7-10)21-15-14(18)19-11-3-1-2-4-12(11)20-15/h1-7H,(H2,18,19)(H,20,21). The third-order valence-electron chi connectivity index (χ3n) is 2.95. The molecule has 0 aliphatic heterocycles. The van der Waals surface area contributed by atoms with Crippen LogP contribution >= 0.6 is 15.9 Å². The Hall–Kier alpha value is -2.65. The van der Waals surface area contributed by atoms with Gasteiger partial charge in [0.1, 0.15) is 6.07 Å². The lowest BCUT2D eigenvalue weighted by molar-refractivity contribution is 1.28. The summed E-state index contributed by atoms with van der Waals surface area (Å²) in [7, 11) is 0. The second-order valence-corrected chi connectivity index (χ2v) is 5.29. The van der Waals surface area contributed by atoms with Gasteiger partial charge in [0.25, 0.3) is 0 Å². The van der Waals surface area contributed by atoms with Crippen LogP contribution in [0.3, 0.4) is 0 Å². The molecule has 0 saturated carbocycles. The average Bonchev–Trinajstić information content (AvgIpc) is 2.48. The van der Waals surface area contributed by atoms with Gasteiger partial charge in [-0.3, -0.25) is 0 Å². The van der Waals surface area contributed by atoms with Gasteiger partial charge in [0.2, 0.25) is 0 Å². The summed E-state index contributed by atoms with van der Waals surface area (Å²) in [5.41, 5.74) is 8.54. The van der Waals surface area contributed by atoms with Crippen LogP contribution in [0.15, 0.2) is 46.9 Å². The lowest BCUT2D eigenvalue weighted by Crippen LogP contribution is -2.03. The second-order valence-electron chi connectivity index (χ2n) is 4.37. The number of benzene rings is 2. The molecular weight excluding hydrogens is 330 g/mol. The van der Waals surface area contributed by atoms with Crippen molar-refractivity contribution in [1.29, 1.82) is 5.26 Å². The van der Waals surface area contributed by atoms with Crippen LogP contribution in [0.5, 0.6) is 0 Å². The van der Waals surface area contributed by atoms with Crippen molar-refractivity contribution in [2.75, 3.05) is 11.1 Å². The van der Waals surface area contributed by atoms with E-state index in [0.717, 1.165) is 15.5 Å². The molecule has 0 radical (unpaired) electrons. The van der Waals surface area contributed by atoms with E-state index in [-0.39, 0.29) is 5.82 Å². The van der Waals surface area contributed by atoms with Crippen LogP contribution in [-0.2, 0) is 0 Å². The molecule has 0 bridgehead atoms. The molecule has 0 spiro atoms. The number of nitrogen functional groups attached to an aromatic ring is 1. The van der Waals surface area contributed by atoms with Crippen LogP contribution in [0.4, 0.5) is 17.3 Å². The molecule has 102 valence electrons. The van der Waals surface area contributed by atoms with Crippen LogP contribution in [0.2, 0.25) is 0 Å². The Bertz CT molecular complexity index is 870. The summed E-state index contributed by atoms with van der Waals surface area (Å²) >= 11 is 3.38. The third-order valence-corrected chi connectivity index (χ3v) is 3.45. The summed E-state index contributed by atoms with van der Waals surface area (Å²) in [6.07, 6.45) is 0. The van der Waals surface area contributed by atoms with Gasteiger partial charge in [-0.15, -0.1) is 0 Å². The number of nitrogens with one attached hydrogen (secondary N) is 1. The van der Waals surface area contributed by atoms with Crippen molar-refractivity contribution in [1.82, 2.24) is 9.97 Å². The van der Waals surface area contributed by atoms with Gasteiger partial charge in [0.15, 0.2) is 11.6 Å². The van der Waals surface area contributed by atoms with Crippen molar-refractivity contribution < 1.29 is 0 Å². The first-order valence-electron chi connectivity index (χ1n) is 6.16. The summed E-state index contributed by atoms with van der Waals surface area (Å²) in [5, 5.41) is 12.2. The first-order valence-corrected chi connectivity index (χ1v) is 6.95. The maximum atomic E-state index is 9.16. The summed E-state index contributed by atoms with van der Waals surface area (Å²) < 4.78 is 0.858. The molecule has 0 atom stereocenters.